The van der Waals surface area contributed by atoms with E-state index in [-0.39, 0.29) is 6.04 Å². The van der Waals surface area contributed by atoms with Crippen molar-refractivity contribution in [3.8, 4) is 11.5 Å². The average molecular weight is 259 g/mol. The molecule has 1 aromatic heterocycles. The van der Waals surface area contributed by atoms with Gasteiger partial charge in [0, 0.05) is 12.1 Å². The molecule has 0 spiro atoms. The first-order valence-corrected chi connectivity index (χ1v) is 6.61. The third-order valence-corrected chi connectivity index (χ3v) is 2.82. The van der Waals surface area contributed by atoms with Crippen LogP contribution in [0.3, 0.4) is 0 Å². The molecule has 0 saturated heterocycles. The minimum Gasteiger partial charge on any atom is -0.454 e. The normalized spacial score (nSPS) is 12.7. The summed E-state index contributed by atoms with van der Waals surface area (Å²) >= 11 is 0. The van der Waals surface area contributed by atoms with Gasteiger partial charge in [-0.15, -0.1) is 0 Å². The number of ether oxygens (including phenoxy) is 1. The zero-order valence-corrected chi connectivity index (χ0v) is 11.7. The monoisotopic (exact) mass is 259 g/mol. The third kappa shape index (κ3) is 3.83. The molecule has 1 heterocycles. The van der Waals surface area contributed by atoms with Crippen molar-refractivity contribution < 1.29 is 4.74 Å². The fourth-order valence-corrected chi connectivity index (χ4v) is 1.86. The zero-order valence-electron chi connectivity index (χ0n) is 11.7. The third-order valence-electron chi connectivity index (χ3n) is 2.82. The fourth-order valence-electron chi connectivity index (χ4n) is 1.86. The van der Waals surface area contributed by atoms with E-state index in [2.05, 4.69) is 18.9 Å². The van der Waals surface area contributed by atoms with Crippen LogP contribution >= 0.6 is 0 Å². The second-order valence-corrected chi connectivity index (χ2v) is 5.18. The number of nitrogens with zero attached hydrogens (tertiary/aromatic N) is 2. The van der Waals surface area contributed by atoms with E-state index in [4.69, 9.17) is 10.5 Å². The van der Waals surface area contributed by atoms with E-state index < -0.39 is 0 Å². The van der Waals surface area contributed by atoms with Gasteiger partial charge in [-0.1, -0.05) is 12.1 Å². The van der Waals surface area contributed by atoms with Gasteiger partial charge in [-0.05, 0) is 44.9 Å². The van der Waals surface area contributed by atoms with E-state index in [1.165, 1.54) is 5.56 Å². The molecule has 1 aromatic carbocycles. The van der Waals surface area contributed by atoms with Crippen molar-refractivity contribution in [3.63, 3.8) is 0 Å². The molecule has 0 amide bonds. The van der Waals surface area contributed by atoms with Gasteiger partial charge in [0.05, 0.1) is 12.4 Å². The molecule has 4 nitrogen and oxygen atoms in total. The molecular weight excluding hydrogens is 238 g/mol. The van der Waals surface area contributed by atoms with Gasteiger partial charge in [0.15, 0.2) is 5.75 Å². The van der Waals surface area contributed by atoms with Gasteiger partial charge in [-0.2, -0.15) is 5.10 Å². The van der Waals surface area contributed by atoms with Crippen LogP contribution in [0.15, 0.2) is 36.7 Å². The van der Waals surface area contributed by atoms with Gasteiger partial charge in [-0.3, -0.25) is 4.68 Å². The molecule has 1 atom stereocenters. The summed E-state index contributed by atoms with van der Waals surface area (Å²) in [6.45, 7) is 6.17. The van der Waals surface area contributed by atoms with Crippen LogP contribution < -0.4 is 10.5 Å². The Morgan fingerprint density at radius 3 is 2.37 bits per heavy atom. The maximum Gasteiger partial charge on any atom is 0.165 e. The minimum atomic E-state index is 0.177. The van der Waals surface area contributed by atoms with E-state index in [1.807, 2.05) is 42.1 Å². The van der Waals surface area contributed by atoms with Crippen molar-refractivity contribution in [2.75, 3.05) is 0 Å². The number of hydrogen-bond acceptors (Lipinski definition) is 3. The second-order valence-electron chi connectivity index (χ2n) is 5.18. The quantitative estimate of drug-likeness (QED) is 0.897. The molecule has 4 heteroatoms. The Bertz CT molecular complexity index is 514. The number of rotatable bonds is 5. The standard InChI is InChI=1S/C15H21N3O/c1-11(2)18-10-15(9-17-18)19-14-6-4-13(5-7-14)8-12(3)16/h4-7,9-12H,8,16H2,1-3H3. The molecule has 2 rings (SSSR count). The summed E-state index contributed by atoms with van der Waals surface area (Å²) < 4.78 is 7.63. The largest absolute Gasteiger partial charge is 0.454 e. The highest BCUT2D eigenvalue weighted by Crippen LogP contribution is 2.22. The number of aromatic nitrogens is 2. The van der Waals surface area contributed by atoms with Crippen molar-refractivity contribution in [1.29, 1.82) is 0 Å². The smallest absolute Gasteiger partial charge is 0.165 e. The Kier molecular flexibility index (Phi) is 4.22. The first-order chi connectivity index (χ1) is 9.04. The van der Waals surface area contributed by atoms with Crippen LogP contribution in [0.2, 0.25) is 0 Å². The summed E-state index contributed by atoms with van der Waals surface area (Å²) in [5, 5.41) is 4.24. The van der Waals surface area contributed by atoms with Crippen molar-refractivity contribution in [1.82, 2.24) is 9.78 Å². The Morgan fingerprint density at radius 1 is 1.16 bits per heavy atom. The molecule has 2 aromatic rings. The highest BCUT2D eigenvalue weighted by atomic mass is 16.5. The van der Waals surface area contributed by atoms with Crippen molar-refractivity contribution in [2.45, 2.75) is 39.3 Å². The molecule has 0 fully saturated rings. The Balaban J connectivity index is 2.02. The van der Waals surface area contributed by atoms with Gasteiger partial charge in [0.1, 0.15) is 5.75 Å². The van der Waals surface area contributed by atoms with Crippen LogP contribution in [0, 0.1) is 0 Å². The molecule has 1 unspecified atom stereocenters. The van der Waals surface area contributed by atoms with Crippen LogP contribution in [0.4, 0.5) is 0 Å². The van der Waals surface area contributed by atoms with Crippen molar-refractivity contribution in [2.24, 2.45) is 5.73 Å². The summed E-state index contributed by atoms with van der Waals surface area (Å²) in [6.07, 6.45) is 4.52. The maximum absolute atomic E-state index is 5.77. The van der Waals surface area contributed by atoms with Gasteiger partial charge in [0.2, 0.25) is 0 Å². The second kappa shape index (κ2) is 5.89. The summed E-state index contributed by atoms with van der Waals surface area (Å²) in [6, 6.07) is 8.54. The topological polar surface area (TPSA) is 53.1 Å². The first-order valence-electron chi connectivity index (χ1n) is 6.61. The van der Waals surface area contributed by atoms with Gasteiger partial charge in [-0.25, -0.2) is 0 Å². The molecule has 0 aliphatic heterocycles. The first kappa shape index (κ1) is 13.6. The lowest BCUT2D eigenvalue weighted by Crippen LogP contribution is -2.17. The van der Waals surface area contributed by atoms with E-state index >= 15 is 0 Å². The Hall–Kier alpha value is -1.81. The SMILES string of the molecule is CC(N)Cc1ccc(Oc2cnn(C(C)C)c2)cc1. The number of nitrogens with two attached hydrogens (primary N) is 1. The Morgan fingerprint density at radius 2 is 1.84 bits per heavy atom. The predicted molar refractivity (Wildman–Crippen MR) is 76.5 cm³/mol. The predicted octanol–water partition coefficient (Wildman–Crippen LogP) is 3.15. The fraction of sp³-hybridized carbons (Fsp3) is 0.400. The average Bonchev–Trinajstić information content (AvgIpc) is 2.80. The molecule has 0 aliphatic rings. The van der Waals surface area contributed by atoms with Gasteiger partial charge in [0.25, 0.3) is 0 Å². The lowest BCUT2D eigenvalue weighted by Gasteiger charge is -2.07. The molecule has 19 heavy (non-hydrogen) atoms. The van der Waals surface area contributed by atoms with Crippen LogP contribution in [-0.2, 0) is 6.42 Å². The zero-order chi connectivity index (χ0) is 13.8. The van der Waals surface area contributed by atoms with Gasteiger partial charge >= 0.3 is 0 Å². The summed E-state index contributed by atoms with van der Waals surface area (Å²) in [4.78, 5) is 0. The molecule has 0 bridgehead atoms. The molecular formula is C15H21N3O. The van der Waals surface area contributed by atoms with E-state index in [0.29, 0.717) is 6.04 Å². The van der Waals surface area contributed by atoms with Crippen LogP contribution in [0.25, 0.3) is 0 Å². The summed E-state index contributed by atoms with van der Waals surface area (Å²) in [5.41, 5.74) is 7.00. The molecule has 0 aliphatic carbocycles. The van der Waals surface area contributed by atoms with Gasteiger partial charge < -0.3 is 10.5 Å². The summed E-state index contributed by atoms with van der Waals surface area (Å²) in [7, 11) is 0. The highest BCUT2D eigenvalue weighted by molar-refractivity contribution is 5.31. The maximum atomic E-state index is 5.77. The number of hydrogen-bond donors (Lipinski definition) is 1. The van der Waals surface area contributed by atoms with Crippen LogP contribution in [0.1, 0.15) is 32.4 Å². The Labute approximate surface area is 114 Å². The van der Waals surface area contributed by atoms with Crippen LogP contribution in [0.5, 0.6) is 11.5 Å². The molecule has 102 valence electrons. The van der Waals surface area contributed by atoms with E-state index in [9.17, 15) is 0 Å². The number of benzene rings is 1. The van der Waals surface area contributed by atoms with Crippen molar-refractivity contribution in [3.05, 3.63) is 42.2 Å². The lowest BCUT2D eigenvalue weighted by atomic mass is 10.1. The van der Waals surface area contributed by atoms with Crippen molar-refractivity contribution >= 4 is 0 Å². The lowest BCUT2D eigenvalue weighted by molar-refractivity contribution is 0.477. The van der Waals surface area contributed by atoms with Crippen LogP contribution in [-0.4, -0.2) is 15.8 Å². The van der Waals surface area contributed by atoms with E-state index in [0.717, 1.165) is 17.9 Å². The molecule has 0 radical (unpaired) electrons. The minimum absolute atomic E-state index is 0.177. The summed E-state index contributed by atoms with van der Waals surface area (Å²) in [5.74, 6) is 1.57. The molecule has 2 N–H and O–H groups in total. The molecule has 0 saturated carbocycles. The van der Waals surface area contributed by atoms with E-state index in [1.54, 1.807) is 6.20 Å². The highest BCUT2D eigenvalue weighted by Gasteiger charge is 2.04.